The zero-order valence-electron chi connectivity index (χ0n) is 11.5. The Bertz CT molecular complexity index is 659. The first-order valence-corrected chi connectivity index (χ1v) is 6.70. The maximum Gasteiger partial charge on any atom is 0.101 e. The third kappa shape index (κ3) is 2.77. The average molecular weight is 286 g/mol. The highest BCUT2D eigenvalue weighted by Gasteiger charge is 2.12. The van der Waals surface area contributed by atoms with Crippen LogP contribution in [0.15, 0.2) is 42.5 Å². The Kier molecular flexibility index (Phi) is 4.29. The number of anilines is 2. The van der Waals surface area contributed by atoms with Gasteiger partial charge in [0.25, 0.3) is 0 Å². The molecule has 0 fully saturated rings. The van der Waals surface area contributed by atoms with E-state index in [-0.39, 0.29) is 6.04 Å². The second-order valence-electron chi connectivity index (χ2n) is 4.69. The molecule has 0 aliphatic heterocycles. The lowest BCUT2D eigenvalue weighted by Crippen LogP contribution is -2.12. The van der Waals surface area contributed by atoms with Crippen LogP contribution in [0.5, 0.6) is 0 Å². The van der Waals surface area contributed by atoms with E-state index in [1.807, 2.05) is 55.3 Å². The molecule has 4 heteroatoms. The maximum absolute atomic E-state index is 9.17. The van der Waals surface area contributed by atoms with Gasteiger partial charge in [0.1, 0.15) is 6.07 Å². The van der Waals surface area contributed by atoms with Crippen molar-refractivity contribution in [2.75, 3.05) is 11.9 Å². The van der Waals surface area contributed by atoms with E-state index in [0.717, 1.165) is 16.9 Å². The Morgan fingerprint density at radius 3 is 2.50 bits per heavy atom. The van der Waals surface area contributed by atoms with Gasteiger partial charge in [-0.1, -0.05) is 29.8 Å². The van der Waals surface area contributed by atoms with Gasteiger partial charge in [-0.2, -0.15) is 5.26 Å². The molecule has 1 unspecified atom stereocenters. The number of benzene rings is 2. The Hall–Kier alpha value is -2.02. The predicted octanol–water partition coefficient (Wildman–Crippen LogP) is 4.00. The third-order valence-electron chi connectivity index (χ3n) is 3.24. The van der Waals surface area contributed by atoms with E-state index < -0.39 is 0 Å². The normalized spacial score (nSPS) is 11.8. The monoisotopic (exact) mass is 285 g/mol. The van der Waals surface area contributed by atoms with Crippen LogP contribution in [0.3, 0.4) is 0 Å². The minimum atomic E-state index is -0.0572. The van der Waals surface area contributed by atoms with Crippen molar-refractivity contribution in [3.63, 3.8) is 0 Å². The Morgan fingerprint density at radius 1 is 1.20 bits per heavy atom. The lowest BCUT2D eigenvalue weighted by Gasteiger charge is -2.22. The van der Waals surface area contributed by atoms with E-state index >= 15 is 0 Å². The van der Waals surface area contributed by atoms with Crippen LogP contribution in [0, 0.1) is 11.3 Å². The fourth-order valence-electron chi connectivity index (χ4n) is 2.07. The van der Waals surface area contributed by atoms with Gasteiger partial charge in [0.05, 0.1) is 22.0 Å². The zero-order chi connectivity index (χ0) is 14.7. The van der Waals surface area contributed by atoms with Gasteiger partial charge in [0, 0.05) is 13.1 Å². The smallest absolute Gasteiger partial charge is 0.101 e. The number of halogens is 1. The van der Waals surface area contributed by atoms with Crippen molar-refractivity contribution in [2.45, 2.75) is 13.0 Å². The molecule has 0 aliphatic rings. The summed E-state index contributed by atoms with van der Waals surface area (Å²) >= 11 is 6.33. The number of rotatable bonds is 3. The molecule has 2 rings (SSSR count). The molecule has 0 saturated carbocycles. The molecular weight excluding hydrogens is 270 g/mol. The van der Waals surface area contributed by atoms with Gasteiger partial charge in [0.15, 0.2) is 0 Å². The predicted molar refractivity (Wildman–Crippen MR) is 83.3 cm³/mol. The van der Waals surface area contributed by atoms with Gasteiger partial charge in [0.2, 0.25) is 0 Å². The van der Waals surface area contributed by atoms with Crippen molar-refractivity contribution < 1.29 is 0 Å². The highest BCUT2D eigenvalue weighted by atomic mass is 35.5. The Morgan fingerprint density at radius 2 is 1.90 bits per heavy atom. The number of hydrogen-bond acceptors (Lipinski definition) is 3. The van der Waals surface area contributed by atoms with E-state index in [1.54, 1.807) is 6.07 Å². The average Bonchev–Trinajstić information content (AvgIpc) is 2.46. The van der Waals surface area contributed by atoms with Crippen molar-refractivity contribution in [1.29, 1.82) is 5.26 Å². The van der Waals surface area contributed by atoms with Crippen LogP contribution in [0.25, 0.3) is 0 Å². The quantitative estimate of drug-likeness (QED) is 0.927. The summed E-state index contributed by atoms with van der Waals surface area (Å²) in [6.07, 6.45) is 0. The molecule has 0 saturated heterocycles. The summed E-state index contributed by atoms with van der Waals surface area (Å²) in [5.74, 6) is 0. The van der Waals surface area contributed by atoms with E-state index in [2.05, 4.69) is 6.07 Å². The summed E-state index contributed by atoms with van der Waals surface area (Å²) in [5.41, 5.74) is 9.12. The van der Waals surface area contributed by atoms with E-state index in [9.17, 15) is 5.26 Å². The molecule has 0 spiro atoms. The highest BCUT2D eigenvalue weighted by molar-refractivity contribution is 6.33. The molecular formula is C16H16ClN3. The largest absolute Gasteiger partial charge is 0.342 e. The molecule has 0 heterocycles. The van der Waals surface area contributed by atoms with Crippen molar-refractivity contribution in [3.05, 3.63) is 58.6 Å². The SMILES string of the molecule is CC(N)c1ccc(N(C)c2ccccc2C#N)c(Cl)c1. The van der Waals surface area contributed by atoms with Gasteiger partial charge in [-0.05, 0) is 36.8 Å². The zero-order valence-corrected chi connectivity index (χ0v) is 12.2. The molecule has 2 N–H and O–H groups in total. The van der Waals surface area contributed by atoms with Crippen LogP contribution in [0.4, 0.5) is 11.4 Å². The van der Waals surface area contributed by atoms with Crippen LogP contribution in [0.1, 0.15) is 24.1 Å². The summed E-state index contributed by atoms with van der Waals surface area (Å²) < 4.78 is 0. The van der Waals surface area contributed by atoms with Crippen LogP contribution in [-0.4, -0.2) is 7.05 Å². The van der Waals surface area contributed by atoms with Crippen molar-refractivity contribution >= 4 is 23.0 Å². The van der Waals surface area contributed by atoms with Gasteiger partial charge in [-0.3, -0.25) is 0 Å². The summed E-state index contributed by atoms with van der Waals surface area (Å²) in [7, 11) is 1.89. The molecule has 0 bridgehead atoms. The van der Waals surface area contributed by atoms with Crippen molar-refractivity contribution in [3.8, 4) is 6.07 Å². The molecule has 0 radical (unpaired) electrons. The lowest BCUT2D eigenvalue weighted by atomic mass is 10.1. The molecule has 2 aromatic carbocycles. The maximum atomic E-state index is 9.17. The Labute approximate surface area is 124 Å². The van der Waals surface area contributed by atoms with E-state index in [0.29, 0.717) is 10.6 Å². The standard InChI is InChI=1S/C16H16ClN3/c1-11(19)12-7-8-16(14(17)9-12)20(2)15-6-4-3-5-13(15)10-18/h3-9,11H,19H2,1-2H3. The molecule has 0 aliphatic carbocycles. The minimum Gasteiger partial charge on any atom is -0.342 e. The number of nitrogens with zero attached hydrogens (tertiary/aromatic N) is 2. The number of nitrogens with two attached hydrogens (primary N) is 1. The van der Waals surface area contributed by atoms with Crippen LogP contribution < -0.4 is 10.6 Å². The molecule has 102 valence electrons. The van der Waals surface area contributed by atoms with Crippen LogP contribution in [-0.2, 0) is 0 Å². The summed E-state index contributed by atoms with van der Waals surface area (Å²) in [6.45, 7) is 1.92. The molecule has 20 heavy (non-hydrogen) atoms. The molecule has 0 aromatic heterocycles. The van der Waals surface area contributed by atoms with Gasteiger partial charge in [-0.15, -0.1) is 0 Å². The van der Waals surface area contributed by atoms with Gasteiger partial charge >= 0.3 is 0 Å². The molecule has 3 nitrogen and oxygen atoms in total. The molecule has 2 aromatic rings. The first kappa shape index (κ1) is 14.4. The number of hydrogen-bond donors (Lipinski definition) is 1. The molecule has 1 atom stereocenters. The topological polar surface area (TPSA) is 53.0 Å². The number of para-hydroxylation sites is 1. The first-order valence-electron chi connectivity index (χ1n) is 6.32. The van der Waals surface area contributed by atoms with Crippen LogP contribution in [0.2, 0.25) is 5.02 Å². The lowest BCUT2D eigenvalue weighted by molar-refractivity contribution is 0.818. The van der Waals surface area contributed by atoms with Crippen molar-refractivity contribution in [1.82, 2.24) is 0 Å². The van der Waals surface area contributed by atoms with E-state index in [1.165, 1.54) is 0 Å². The third-order valence-corrected chi connectivity index (χ3v) is 3.55. The van der Waals surface area contributed by atoms with E-state index in [4.69, 9.17) is 17.3 Å². The van der Waals surface area contributed by atoms with Gasteiger partial charge in [-0.25, -0.2) is 0 Å². The number of nitriles is 1. The van der Waals surface area contributed by atoms with Gasteiger partial charge < -0.3 is 10.6 Å². The Balaban J connectivity index is 2.44. The fourth-order valence-corrected chi connectivity index (χ4v) is 2.38. The minimum absolute atomic E-state index is 0.0572. The van der Waals surface area contributed by atoms with Crippen molar-refractivity contribution in [2.24, 2.45) is 5.73 Å². The fraction of sp³-hybridized carbons (Fsp3) is 0.188. The summed E-state index contributed by atoms with van der Waals surface area (Å²) in [6, 6.07) is 15.3. The second kappa shape index (κ2) is 5.96. The second-order valence-corrected chi connectivity index (χ2v) is 5.09. The van der Waals surface area contributed by atoms with Crippen LogP contribution >= 0.6 is 11.6 Å². The highest BCUT2D eigenvalue weighted by Crippen LogP contribution is 2.33. The first-order chi connectivity index (χ1) is 9.54. The summed E-state index contributed by atoms with van der Waals surface area (Å²) in [5, 5.41) is 9.79. The summed E-state index contributed by atoms with van der Waals surface area (Å²) in [4.78, 5) is 1.91. The molecule has 0 amide bonds.